The second-order valence-electron chi connectivity index (χ2n) is 6.29. The zero-order valence-corrected chi connectivity index (χ0v) is 14.7. The molecule has 2 heterocycles. The van der Waals surface area contributed by atoms with E-state index in [0.29, 0.717) is 17.3 Å². The van der Waals surface area contributed by atoms with Gasteiger partial charge < -0.3 is 9.64 Å². The van der Waals surface area contributed by atoms with Crippen LogP contribution in [-0.4, -0.2) is 40.2 Å². The quantitative estimate of drug-likeness (QED) is 0.920. The molecule has 1 aliphatic heterocycles. The molecule has 0 radical (unpaired) electrons. The lowest BCUT2D eigenvalue weighted by atomic mass is 9.94. The molecule has 128 valence electrons. The summed E-state index contributed by atoms with van der Waals surface area (Å²) in [5, 5.41) is 7.84. The van der Waals surface area contributed by atoms with Crippen LogP contribution in [0.2, 0.25) is 5.02 Å². The summed E-state index contributed by atoms with van der Waals surface area (Å²) in [6, 6.07) is 9.27. The number of carbonyl (C=O) groups excluding carboxylic acids is 1. The maximum Gasteiger partial charge on any atom is 0.263 e. The highest BCUT2D eigenvalue weighted by atomic mass is 35.5. The number of aromatic nitrogens is 2. The lowest BCUT2D eigenvalue weighted by molar-refractivity contribution is -0.139. The van der Waals surface area contributed by atoms with Crippen LogP contribution in [0.3, 0.4) is 0 Å². The van der Waals surface area contributed by atoms with E-state index in [1.807, 2.05) is 24.0 Å². The summed E-state index contributed by atoms with van der Waals surface area (Å²) in [5.41, 5.74) is 2.08. The van der Waals surface area contributed by atoms with Crippen LogP contribution in [0.25, 0.3) is 0 Å². The van der Waals surface area contributed by atoms with E-state index in [9.17, 15) is 4.79 Å². The maximum absolute atomic E-state index is 12.7. The molecule has 2 atom stereocenters. The molecule has 6 heteroatoms. The molecular weight excluding hydrogens is 326 g/mol. The molecule has 1 saturated heterocycles. The van der Waals surface area contributed by atoms with Gasteiger partial charge >= 0.3 is 0 Å². The van der Waals surface area contributed by atoms with Crippen molar-refractivity contribution in [2.45, 2.75) is 38.7 Å². The molecule has 3 rings (SSSR count). The van der Waals surface area contributed by atoms with Gasteiger partial charge in [0, 0.05) is 24.7 Å². The Morgan fingerprint density at radius 1 is 1.46 bits per heavy atom. The highest BCUT2D eigenvalue weighted by Crippen LogP contribution is 2.28. The highest BCUT2D eigenvalue weighted by molar-refractivity contribution is 6.32. The summed E-state index contributed by atoms with van der Waals surface area (Å²) < 4.78 is 5.76. The predicted molar refractivity (Wildman–Crippen MR) is 93.4 cm³/mol. The molecule has 1 fully saturated rings. The first kappa shape index (κ1) is 16.8. The van der Waals surface area contributed by atoms with E-state index < -0.39 is 6.10 Å². The molecule has 1 aromatic heterocycles. The normalized spacial score (nSPS) is 19.1. The van der Waals surface area contributed by atoms with E-state index in [4.69, 9.17) is 16.3 Å². The van der Waals surface area contributed by atoms with Gasteiger partial charge in [-0.15, -0.1) is 0 Å². The second-order valence-corrected chi connectivity index (χ2v) is 6.70. The van der Waals surface area contributed by atoms with Gasteiger partial charge in [0.25, 0.3) is 5.91 Å². The molecule has 5 nitrogen and oxygen atoms in total. The molecule has 1 N–H and O–H groups in total. The number of hydrogen-bond acceptors (Lipinski definition) is 3. The lowest BCUT2D eigenvalue weighted by Gasteiger charge is -2.33. The summed E-state index contributed by atoms with van der Waals surface area (Å²) >= 11 is 6.10. The van der Waals surface area contributed by atoms with Crippen molar-refractivity contribution in [1.29, 1.82) is 0 Å². The highest BCUT2D eigenvalue weighted by Gasteiger charge is 2.29. The van der Waals surface area contributed by atoms with Gasteiger partial charge in [-0.3, -0.25) is 9.89 Å². The number of H-pyrrole nitrogens is 1. The van der Waals surface area contributed by atoms with Crippen LogP contribution in [0, 0.1) is 6.92 Å². The largest absolute Gasteiger partial charge is 0.479 e. The third kappa shape index (κ3) is 3.73. The number of rotatable bonds is 4. The third-order valence-electron chi connectivity index (χ3n) is 4.37. The molecule has 1 aromatic carbocycles. The fourth-order valence-electron chi connectivity index (χ4n) is 3.11. The SMILES string of the molecule is Cc1cc([C@H]2CCCN(C(=O)[C@H](C)Oc3ccccc3Cl)C2)n[nH]1. The minimum absolute atomic E-state index is 0.00752. The smallest absolute Gasteiger partial charge is 0.263 e. The van der Waals surface area contributed by atoms with E-state index in [-0.39, 0.29) is 11.8 Å². The Balaban J connectivity index is 1.64. The molecule has 1 amide bonds. The van der Waals surface area contributed by atoms with E-state index in [1.165, 1.54) is 0 Å². The Kier molecular flexibility index (Phi) is 5.09. The Hall–Kier alpha value is -2.01. The second kappa shape index (κ2) is 7.26. The van der Waals surface area contributed by atoms with Gasteiger partial charge in [-0.25, -0.2) is 0 Å². The molecule has 1 aliphatic rings. The van der Waals surface area contributed by atoms with Gasteiger partial charge in [0.05, 0.1) is 10.7 Å². The summed E-state index contributed by atoms with van der Waals surface area (Å²) in [6.45, 7) is 5.20. The molecule has 0 spiro atoms. The standard InChI is InChI=1S/C18H22ClN3O2/c1-12-10-16(21-20-12)14-6-5-9-22(11-14)18(23)13(2)24-17-8-4-3-7-15(17)19/h3-4,7-8,10,13-14H,5-6,9,11H2,1-2H3,(H,20,21)/t13-,14-/m0/s1. The van der Waals surface area contributed by atoms with Gasteiger partial charge in [0.1, 0.15) is 5.75 Å². The number of benzene rings is 1. The van der Waals surface area contributed by atoms with Gasteiger partial charge in [-0.1, -0.05) is 23.7 Å². The van der Waals surface area contributed by atoms with Crippen LogP contribution in [0.15, 0.2) is 30.3 Å². The van der Waals surface area contributed by atoms with Gasteiger partial charge in [0.15, 0.2) is 6.10 Å². The first-order valence-electron chi connectivity index (χ1n) is 8.26. The first-order valence-corrected chi connectivity index (χ1v) is 8.64. The lowest BCUT2D eigenvalue weighted by Crippen LogP contribution is -2.45. The Bertz CT molecular complexity index is 716. The third-order valence-corrected chi connectivity index (χ3v) is 4.68. The number of halogens is 1. The zero-order valence-electron chi connectivity index (χ0n) is 14.0. The summed E-state index contributed by atoms with van der Waals surface area (Å²) in [7, 11) is 0. The van der Waals surface area contributed by atoms with Crippen LogP contribution in [0.4, 0.5) is 0 Å². The number of piperidine rings is 1. The van der Waals surface area contributed by atoms with Crippen molar-refractivity contribution in [2.24, 2.45) is 0 Å². The fourth-order valence-corrected chi connectivity index (χ4v) is 3.29. The van der Waals surface area contributed by atoms with Gasteiger partial charge in [0.2, 0.25) is 0 Å². The molecule has 0 bridgehead atoms. The van der Waals surface area contributed by atoms with E-state index >= 15 is 0 Å². The molecule has 24 heavy (non-hydrogen) atoms. The minimum atomic E-state index is -0.565. The number of amides is 1. The van der Waals surface area contributed by atoms with Crippen molar-refractivity contribution >= 4 is 17.5 Å². The number of hydrogen-bond donors (Lipinski definition) is 1. The topological polar surface area (TPSA) is 58.2 Å². The predicted octanol–water partition coefficient (Wildman–Crippen LogP) is 3.55. The van der Waals surface area contributed by atoms with Crippen LogP contribution in [0.5, 0.6) is 5.75 Å². The molecule has 0 aliphatic carbocycles. The zero-order chi connectivity index (χ0) is 17.1. The number of aromatic amines is 1. The van der Waals surface area contributed by atoms with Crippen molar-refractivity contribution in [3.05, 3.63) is 46.7 Å². The van der Waals surface area contributed by atoms with Crippen molar-refractivity contribution in [1.82, 2.24) is 15.1 Å². The summed E-state index contributed by atoms with van der Waals surface area (Å²) in [6.07, 6.45) is 1.46. The van der Waals surface area contributed by atoms with Gasteiger partial charge in [-0.05, 0) is 44.9 Å². The average molecular weight is 348 g/mol. The maximum atomic E-state index is 12.7. The van der Waals surface area contributed by atoms with Gasteiger partial charge in [-0.2, -0.15) is 5.10 Å². The Morgan fingerprint density at radius 2 is 2.25 bits per heavy atom. The van der Waals surface area contributed by atoms with Crippen molar-refractivity contribution in [3.8, 4) is 5.75 Å². The molecule has 0 unspecified atom stereocenters. The summed E-state index contributed by atoms with van der Waals surface area (Å²) in [5.74, 6) is 0.809. The van der Waals surface area contributed by atoms with Crippen molar-refractivity contribution < 1.29 is 9.53 Å². The monoisotopic (exact) mass is 347 g/mol. The number of ether oxygens (including phenoxy) is 1. The van der Waals surface area contributed by atoms with Crippen LogP contribution >= 0.6 is 11.6 Å². The number of aryl methyl sites for hydroxylation is 1. The van der Waals surface area contributed by atoms with Crippen molar-refractivity contribution in [3.63, 3.8) is 0 Å². The Morgan fingerprint density at radius 3 is 2.96 bits per heavy atom. The van der Waals surface area contributed by atoms with Crippen LogP contribution in [0.1, 0.15) is 37.1 Å². The Labute approximate surface area is 147 Å². The van der Waals surface area contributed by atoms with E-state index in [1.54, 1.807) is 19.1 Å². The number of carbonyl (C=O) groups is 1. The van der Waals surface area contributed by atoms with E-state index in [2.05, 4.69) is 16.3 Å². The minimum Gasteiger partial charge on any atom is -0.479 e. The van der Waals surface area contributed by atoms with Crippen molar-refractivity contribution in [2.75, 3.05) is 13.1 Å². The number of likely N-dealkylation sites (tertiary alicyclic amines) is 1. The number of nitrogens with one attached hydrogen (secondary N) is 1. The first-order chi connectivity index (χ1) is 11.5. The molecule has 2 aromatic rings. The average Bonchev–Trinajstić information content (AvgIpc) is 3.03. The summed E-state index contributed by atoms with van der Waals surface area (Å²) in [4.78, 5) is 14.6. The number of para-hydroxylation sites is 1. The number of nitrogens with zero attached hydrogens (tertiary/aromatic N) is 2. The van der Waals surface area contributed by atoms with E-state index in [0.717, 1.165) is 30.8 Å². The fraction of sp³-hybridized carbons (Fsp3) is 0.444. The van der Waals surface area contributed by atoms with Crippen LogP contribution < -0.4 is 4.74 Å². The molecular formula is C18H22ClN3O2. The van der Waals surface area contributed by atoms with Crippen LogP contribution in [-0.2, 0) is 4.79 Å². The molecule has 0 saturated carbocycles.